The molecular formula is C59H114N14O10. The van der Waals surface area contributed by atoms with Gasteiger partial charge in [-0.3, -0.25) is 48.1 Å². The van der Waals surface area contributed by atoms with Crippen LogP contribution in [-0.4, -0.2) is 139 Å². The summed E-state index contributed by atoms with van der Waals surface area (Å²) in [6, 6.07) is -8.67. The normalized spacial score (nSPS) is 14.6. The fraction of sp³-hybridized carbons (Fsp3) is 0.831. The van der Waals surface area contributed by atoms with Gasteiger partial charge in [0.2, 0.25) is 53.2 Å². The van der Waals surface area contributed by atoms with E-state index in [-0.39, 0.29) is 81.9 Å². The Labute approximate surface area is 496 Å². The summed E-state index contributed by atoms with van der Waals surface area (Å²) >= 11 is 0. The fourth-order valence-electron chi connectivity index (χ4n) is 9.41. The number of nitrogens with zero attached hydrogens (tertiary/aromatic N) is 1. The molecule has 83 heavy (non-hydrogen) atoms. The molecule has 0 aliphatic carbocycles. The Kier molecular flexibility index (Phi) is 43.6. The Morgan fingerprint density at radius 2 is 0.819 bits per heavy atom. The van der Waals surface area contributed by atoms with Gasteiger partial charge in [0.05, 0.1) is 12.6 Å². The van der Waals surface area contributed by atoms with Gasteiger partial charge in [0.1, 0.15) is 42.3 Å². The van der Waals surface area contributed by atoms with Crippen LogP contribution in [0.3, 0.4) is 0 Å². The second-order valence-corrected chi connectivity index (χ2v) is 23.3. The van der Waals surface area contributed by atoms with Gasteiger partial charge in [-0.2, -0.15) is 0 Å². The van der Waals surface area contributed by atoms with Crippen molar-refractivity contribution in [2.24, 2.45) is 51.4 Å². The molecule has 0 unspecified atom stereocenters. The maximum absolute atomic E-state index is 14.4. The molecule has 0 aromatic carbocycles. The van der Waals surface area contributed by atoms with Crippen LogP contribution in [-0.2, 0) is 43.2 Å². The molecular weight excluding hydrogens is 1060 g/mol. The number of guanidine groups is 1. The first-order valence-electron chi connectivity index (χ1n) is 31.2. The molecule has 0 heterocycles. The van der Waals surface area contributed by atoms with Gasteiger partial charge in [-0.25, -0.2) is 0 Å². The van der Waals surface area contributed by atoms with Crippen molar-refractivity contribution in [2.45, 2.75) is 271 Å². The number of nitrogens with two attached hydrogens (primary N) is 5. The Hall–Kier alpha value is -5.62. The zero-order valence-electron chi connectivity index (χ0n) is 52.0. The van der Waals surface area contributed by atoms with Crippen LogP contribution >= 0.6 is 0 Å². The van der Waals surface area contributed by atoms with Gasteiger partial charge in [-0.05, 0) is 108 Å². The highest BCUT2D eigenvalue weighted by atomic mass is 16.3. The highest BCUT2D eigenvalue weighted by Crippen LogP contribution is 2.16. The van der Waals surface area contributed by atoms with Crippen LogP contribution in [0.25, 0.3) is 0 Å². The van der Waals surface area contributed by atoms with E-state index in [2.05, 4.69) is 54.5 Å². The summed E-state index contributed by atoms with van der Waals surface area (Å²) < 4.78 is 0. The van der Waals surface area contributed by atoms with Gasteiger partial charge >= 0.3 is 0 Å². The zero-order valence-corrected chi connectivity index (χ0v) is 52.0. The monoisotopic (exact) mass is 1180 g/mol. The average Bonchev–Trinajstić information content (AvgIpc) is 3.48. The number of carbonyl (C=O) groups excluding carboxylic acids is 9. The van der Waals surface area contributed by atoms with E-state index in [1.54, 1.807) is 13.8 Å². The van der Waals surface area contributed by atoms with E-state index in [1.165, 1.54) is 71.1 Å². The molecule has 24 heteroatoms. The van der Waals surface area contributed by atoms with E-state index in [9.17, 15) is 48.3 Å². The van der Waals surface area contributed by atoms with Crippen LogP contribution < -0.4 is 71.2 Å². The summed E-state index contributed by atoms with van der Waals surface area (Å²) in [5.41, 5.74) is 28.1. The smallest absolute Gasteiger partial charge is 0.243 e. The van der Waals surface area contributed by atoms with Crippen LogP contribution in [0.15, 0.2) is 4.99 Å². The Balaban J connectivity index is 6.25. The maximum atomic E-state index is 14.4. The molecule has 0 aliphatic rings. The lowest BCUT2D eigenvalue weighted by atomic mass is 9.96. The summed E-state index contributed by atoms with van der Waals surface area (Å²) in [6.07, 6.45) is 18.6. The van der Waals surface area contributed by atoms with E-state index in [0.29, 0.717) is 51.5 Å². The zero-order chi connectivity index (χ0) is 62.7. The predicted molar refractivity (Wildman–Crippen MR) is 326 cm³/mol. The van der Waals surface area contributed by atoms with Gasteiger partial charge in [-0.15, -0.1) is 0 Å². The third-order valence-corrected chi connectivity index (χ3v) is 14.5. The summed E-state index contributed by atoms with van der Waals surface area (Å²) in [4.78, 5) is 127. The van der Waals surface area contributed by atoms with E-state index in [1.807, 2.05) is 27.7 Å². The molecule has 0 aromatic heterocycles. The van der Waals surface area contributed by atoms with Crippen LogP contribution in [0.1, 0.15) is 222 Å². The van der Waals surface area contributed by atoms with Gasteiger partial charge in [0.15, 0.2) is 5.96 Å². The van der Waals surface area contributed by atoms with E-state index < -0.39 is 102 Å². The Morgan fingerprint density at radius 1 is 0.434 bits per heavy atom. The average molecular weight is 1180 g/mol. The molecule has 0 rings (SSSR count). The molecule has 0 saturated carbocycles. The van der Waals surface area contributed by atoms with Crippen molar-refractivity contribution in [2.75, 3.05) is 26.2 Å². The first-order chi connectivity index (χ1) is 39.4. The number of nitrogens with one attached hydrogen (secondary N) is 8. The van der Waals surface area contributed by atoms with E-state index in [4.69, 9.17) is 28.7 Å². The first kappa shape index (κ1) is 77.4. The predicted octanol–water partition coefficient (Wildman–Crippen LogP) is 2.68. The number of aliphatic imine (C=N–C) groups is 1. The second-order valence-electron chi connectivity index (χ2n) is 23.3. The van der Waals surface area contributed by atoms with Crippen molar-refractivity contribution < 1.29 is 48.3 Å². The van der Waals surface area contributed by atoms with Crippen molar-refractivity contribution in [3.05, 3.63) is 0 Å². The number of hydrogen-bond donors (Lipinski definition) is 14. The Bertz CT molecular complexity index is 1920. The van der Waals surface area contributed by atoms with Gasteiger partial charge < -0.3 is 76.3 Å². The van der Waals surface area contributed by atoms with Crippen LogP contribution in [0.5, 0.6) is 0 Å². The van der Waals surface area contributed by atoms with Gasteiger partial charge in [0.25, 0.3) is 0 Å². The molecule has 0 radical (unpaired) electrons. The quantitative estimate of drug-likeness (QED) is 0.0237. The van der Waals surface area contributed by atoms with E-state index in [0.717, 1.165) is 19.3 Å². The van der Waals surface area contributed by atoms with Crippen LogP contribution in [0.4, 0.5) is 0 Å². The Morgan fingerprint density at radius 3 is 1.23 bits per heavy atom. The number of carbonyl (C=O) groups is 9. The highest BCUT2D eigenvalue weighted by Gasteiger charge is 2.36. The molecule has 0 fully saturated rings. The first-order valence-corrected chi connectivity index (χ1v) is 31.2. The lowest BCUT2D eigenvalue weighted by molar-refractivity contribution is -0.136. The topological polar surface area (TPSA) is 413 Å². The highest BCUT2D eigenvalue weighted by molar-refractivity contribution is 5.98. The minimum absolute atomic E-state index is 0.0250. The van der Waals surface area contributed by atoms with Crippen molar-refractivity contribution >= 4 is 59.1 Å². The third kappa shape index (κ3) is 37.3. The molecule has 480 valence electrons. The standard InChI is InChI=1S/C59H114N14O10/c1-9-11-12-13-14-15-16-17-18-19-20-21-22-23-32-48(75)66-38-49(76)67-46(36-39(3)4)56(81)71-47(37-40(5)6)57(82)69-43(29-24-26-33-60)53(78)68-45(31-28-35-65-59(63)64)54(79)72-50(41(7)10-2)58(83)70-44(30-25-27-34-61)55(80)73-51(42(8)74)52(62)77/h39-47,50-51,74H,9-38,60-61H2,1-8H3,(H2,62,77)(H,66,75)(H,67,76)(H,68,78)(H,69,82)(H,70,83)(H,71,81)(H,72,79)(H,73,80)(H4,63,64,65)/t41-,42+,43-,44-,45-,46-,47-,50-,51-/m0/s1. The second kappa shape index (κ2) is 46.7. The van der Waals surface area contributed by atoms with Crippen LogP contribution in [0, 0.1) is 17.8 Å². The van der Waals surface area contributed by atoms with Gasteiger partial charge in [-0.1, -0.05) is 138 Å². The number of amides is 9. The summed E-state index contributed by atoms with van der Waals surface area (Å²) in [6.45, 7) is 14.9. The molecule has 0 saturated heterocycles. The van der Waals surface area contributed by atoms with E-state index >= 15 is 0 Å². The van der Waals surface area contributed by atoms with Crippen LogP contribution in [0.2, 0.25) is 0 Å². The number of hydrogen-bond acceptors (Lipinski definition) is 13. The number of aliphatic hydroxyl groups is 1. The molecule has 9 atom stereocenters. The number of unbranched alkanes of at least 4 members (excludes halogenated alkanes) is 15. The van der Waals surface area contributed by atoms with Gasteiger partial charge in [0, 0.05) is 13.0 Å². The minimum atomic E-state index is -1.45. The molecule has 0 aliphatic heterocycles. The maximum Gasteiger partial charge on any atom is 0.243 e. The summed E-state index contributed by atoms with van der Waals surface area (Å²) in [7, 11) is 0. The lowest BCUT2D eigenvalue weighted by Crippen LogP contribution is -2.61. The van der Waals surface area contributed by atoms with Crippen molar-refractivity contribution in [1.82, 2.24) is 42.5 Å². The molecule has 0 aromatic rings. The largest absolute Gasteiger partial charge is 0.391 e. The molecule has 0 spiro atoms. The van der Waals surface area contributed by atoms with Crippen molar-refractivity contribution in [3.63, 3.8) is 0 Å². The van der Waals surface area contributed by atoms with Crippen molar-refractivity contribution in [3.8, 4) is 0 Å². The SMILES string of the molecule is CCCCCCCCCCCCCCCCC(=O)NCC(=O)N[C@@H](CC(C)C)C(=O)N[C@@H](CC(C)C)C(=O)N[C@@H](CCCCN)C(=O)N[C@@H](CCCN=C(N)N)C(=O)N[C@H](C(=O)N[C@@H](CCCCN)C(=O)N[C@H](C(N)=O)[C@@H](C)O)[C@@H](C)CC. The number of primary amides is 1. The van der Waals surface area contributed by atoms with Crippen molar-refractivity contribution in [1.29, 1.82) is 0 Å². The lowest BCUT2D eigenvalue weighted by Gasteiger charge is -2.30. The molecule has 0 bridgehead atoms. The summed E-state index contributed by atoms with van der Waals surface area (Å²) in [5.74, 6) is -7.04. The fourth-order valence-corrected chi connectivity index (χ4v) is 9.41. The summed E-state index contributed by atoms with van der Waals surface area (Å²) in [5, 5.41) is 31.7. The molecule has 19 N–H and O–H groups in total. The molecule has 24 nitrogen and oxygen atoms in total. The minimum Gasteiger partial charge on any atom is -0.391 e. The third-order valence-electron chi connectivity index (χ3n) is 14.5. The number of aliphatic hydroxyl groups excluding tert-OH is 1. The molecule has 9 amide bonds. The number of rotatable bonds is 50.